The van der Waals surface area contributed by atoms with Gasteiger partial charge in [-0.15, -0.1) is 0 Å². The number of hydrogen-bond donors (Lipinski definition) is 2. The van der Waals surface area contributed by atoms with Crippen LogP contribution in [0.2, 0.25) is 0 Å². The van der Waals surface area contributed by atoms with Crippen molar-refractivity contribution in [3.63, 3.8) is 0 Å². The van der Waals surface area contributed by atoms with E-state index >= 15 is 0 Å². The first-order valence-corrected chi connectivity index (χ1v) is 7.96. The molecular weight excluding hydrogens is 296 g/mol. The quantitative estimate of drug-likeness (QED) is 0.820. The highest BCUT2D eigenvalue weighted by Gasteiger charge is 2.39. The standard InChI is InChI=1S/C16H20N4O3/c21-14-10-20(9-13(14)19-5-7-23-8-6-19)16(22)15-11-3-1-2-4-12(11)17-18-15/h1-4,13-14,21H,5-10H2,(H,17,18)/t13-,14-/m1/s1. The fourth-order valence-corrected chi connectivity index (χ4v) is 3.48. The molecule has 0 bridgehead atoms. The Morgan fingerprint density at radius 3 is 2.87 bits per heavy atom. The van der Waals surface area contributed by atoms with Gasteiger partial charge in [-0.25, -0.2) is 0 Å². The minimum Gasteiger partial charge on any atom is -0.390 e. The van der Waals surface area contributed by atoms with Gasteiger partial charge in [0.05, 0.1) is 30.9 Å². The van der Waals surface area contributed by atoms with Gasteiger partial charge < -0.3 is 14.7 Å². The summed E-state index contributed by atoms with van der Waals surface area (Å²) in [5.74, 6) is -0.128. The summed E-state index contributed by atoms with van der Waals surface area (Å²) in [7, 11) is 0. The number of morpholine rings is 1. The third-order valence-corrected chi connectivity index (χ3v) is 4.73. The van der Waals surface area contributed by atoms with Crippen LogP contribution in [0, 0.1) is 0 Å². The number of ether oxygens (including phenoxy) is 1. The largest absolute Gasteiger partial charge is 0.390 e. The van der Waals surface area contributed by atoms with E-state index in [1.165, 1.54) is 0 Å². The fraction of sp³-hybridized carbons (Fsp3) is 0.500. The zero-order chi connectivity index (χ0) is 15.8. The number of carbonyl (C=O) groups excluding carboxylic acids is 1. The van der Waals surface area contributed by atoms with E-state index in [0.29, 0.717) is 32.0 Å². The van der Waals surface area contributed by atoms with Gasteiger partial charge in [0, 0.05) is 31.6 Å². The second kappa shape index (κ2) is 5.92. The molecule has 2 atom stereocenters. The molecule has 0 saturated carbocycles. The molecule has 1 amide bonds. The number of para-hydroxylation sites is 1. The number of β-amino-alcohol motifs (C(OH)–C–C–N with tert-alkyl or cyclic N) is 1. The number of fused-ring (bicyclic) bond motifs is 1. The van der Waals surface area contributed by atoms with E-state index in [1.54, 1.807) is 4.90 Å². The molecule has 2 aliphatic heterocycles. The fourth-order valence-electron chi connectivity index (χ4n) is 3.48. The number of rotatable bonds is 2. The molecule has 1 aromatic carbocycles. The van der Waals surface area contributed by atoms with Crippen molar-refractivity contribution in [3.05, 3.63) is 30.0 Å². The van der Waals surface area contributed by atoms with E-state index in [9.17, 15) is 9.90 Å². The van der Waals surface area contributed by atoms with E-state index < -0.39 is 6.10 Å². The summed E-state index contributed by atoms with van der Waals surface area (Å²) in [5, 5.41) is 18.3. The molecule has 23 heavy (non-hydrogen) atoms. The van der Waals surface area contributed by atoms with Gasteiger partial charge in [-0.1, -0.05) is 18.2 Å². The second-order valence-electron chi connectivity index (χ2n) is 6.11. The maximum atomic E-state index is 12.8. The van der Waals surface area contributed by atoms with Gasteiger partial charge in [-0.05, 0) is 6.07 Å². The Bertz CT molecular complexity index is 710. The SMILES string of the molecule is O=C(c1n[nH]c2ccccc12)N1C[C@@H](O)[C@H](N2CCOCC2)C1. The Labute approximate surface area is 133 Å². The Balaban J connectivity index is 1.53. The monoisotopic (exact) mass is 316 g/mol. The van der Waals surface area contributed by atoms with Crippen LogP contribution in [0.25, 0.3) is 10.9 Å². The average molecular weight is 316 g/mol. The highest BCUT2D eigenvalue weighted by molar-refractivity contribution is 6.04. The van der Waals surface area contributed by atoms with Crippen LogP contribution in [0.15, 0.2) is 24.3 Å². The Morgan fingerprint density at radius 1 is 1.26 bits per heavy atom. The topological polar surface area (TPSA) is 81.7 Å². The Morgan fingerprint density at radius 2 is 2.04 bits per heavy atom. The summed E-state index contributed by atoms with van der Waals surface area (Å²) < 4.78 is 5.36. The molecule has 0 radical (unpaired) electrons. The highest BCUT2D eigenvalue weighted by Crippen LogP contribution is 2.22. The van der Waals surface area contributed by atoms with Gasteiger partial charge in [0.2, 0.25) is 0 Å². The van der Waals surface area contributed by atoms with Gasteiger partial charge in [0.1, 0.15) is 0 Å². The molecule has 7 nitrogen and oxygen atoms in total. The van der Waals surface area contributed by atoms with Gasteiger partial charge in [-0.3, -0.25) is 14.8 Å². The Hall–Kier alpha value is -1.96. The van der Waals surface area contributed by atoms with Crippen LogP contribution < -0.4 is 0 Å². The lowest BCUT2D eigenvalue weighted by atomic mass is 10.1. The number of H-pyrrole nitrogens is 1. The number of aromatic amines is 1. The van der Waals surface area contributed by atoms with Gasteiger partial charge in [0.25, 0.3) is 5.91 Å². The summed E-state index contributed by atoms with van der Waals surface area (Å²) in [4.78, 5) is 16.7. The number of likely N-dealkylation sites (tertiary alicyclic amines) is 1. The number of benzene rings is 1. The van der Waals surface area contributed by atoms with Crippen LogP contribution in [-0.2, 0) is 4.74 Å². The maximum Gasteiger partial charge on any atom is 0.275 e. The van der Waals surface area contributed by atoms with Crippen molar-refractivity contribution >= 4 is 16.8 Å². The summed E-state index contributed by atoms with van der Waals surface area (Å²) in [6.45, 7) is 3.84. The lowest BCUT2D eigenvalue weighted by molar-refractivity contribution is -0.00611. The van der Waals surface area contributed by atoms with Crippen molar-refractivity contribution in [2.75, 3.05) is 39.4 Å². The maximum absolute atomic E-state index is 12.8. The lowest BCUT2D eigenvalue weighted by Gasteiger charge is -2.33. The van der Waals surface area contributed by atoms with Crippen molar-refractivity contribution < 1.29 is 14.6 Å². The number of aliphatic hydroxyl groups is 1. The number of amides is 1. The molecule has 0 spiro atoms. The molecule has 0 aliphatic carbocycles. The first-order chi connectivity index (χ1) is 11.2. The molecule has 122 valence electrons. The zero-order valence-corrected chi connectivity index (χ0v) is 12.8. The number of hydrogen-bond acceptors (Lipinski definition) is 5. The highest BCUT2D eigenvalue weighted by atomic mass is 16.5. The molecule has 0 unspecified atom stereocenters. The molecule has 4 rings (SSSR count). The molecule has 3 heterocycles. The van der Waals surface area contributed by atoms with Crippen LogP contribution in [0.1, 0.15) is 10.5 Å². The summed E-state index contributed by atoms with van der Waals surface area (Å²) in [5.41, 5.74) is 1.27. The summed E-state index contributed by atoms with van der Waals surface area (Å²) in [6, 6.07) is 7.56. The van der Waals surface area contributed by atoms with Crippen LogP contribution in [0.4, 0.5) is 0 Å². The normalized spacial score (nSPS) is 26.0. The third-order valence-electron chi connectivity index (χ3n) is 4.73. The van der Waals surface area contributed by atoms with Gasteiger partial charge in [-0.2, -0.15) is 5.10 Å². The van der Waals surface area contributed by atoms with Crippen molar-refractivity contribution in [3.8, 4) is 0 Å². The van der Waals surface area contributed by atoms with Gasteiger partial charge >= 0.3 is 0 Å². The van der Waals surface area contributed by atoms with E-state index in [1.807, 2.05) is 24.3 Å². The number of nitrogens with one attached hydrogen (secondary N) is 1. The molecule has 1 aromatic heterocycles. The van der Waals surface area contributed by atoms with Crippen LogP contribution in [0.5, 0.6) is 0 Å². The van der Waals surface area contributed by atoms with E-state index in [2.05, 4.69) is 15.1 Å². The summed E-state index contributed by atoms with van der Waals surface area (Å²) >= 11 is 0. The third kappa shape index (κ3) is 2.60. The molecule has 2 aliphatic rings. The first-order valence-electron chi connectivity index (χ1n) is 7.96. The predicted molar refractivity (Wildman–Crippen MR) is 84.2 cm³/mol. The lowest BCUT2D eigenvalue weighted by Crippen LogP contribution is -2.49. The summed E-state index contributed by atoms with van der Waals surface area (Å²) in [6.07, 6.45) is -0.526. The Kier molecular flexibility index (Phi) is 3.76. The van der Waals surface area contributed by atoms with E-state index in [4.69, 9.17) is 4.74 Å². The number of nitrogens with zero attached hydrogens (tertiary/aromatic N) is 3. The van der Waals surface area contributed by atoms with Crippen LogP contribution in [-0.4, -0.2) is 82.5 Å². The van der Waals surface area contributed by atoms with Gasteiger partial charge in [0.15, 0.2) is 5.69 Å². The minimum absolute atomic E-state index is 0.0203. The predicted octanol–water partition coefficient (Wildman–Crippen LogP) is 0.0804. The minimum atomic E-state index is -0.526. The number of aliphatic hydroxyl groups excluding tert-OH is 1. The average Bonchev–Trinajstić information content (AvgIpc) is 3.19. The molecular formula is C16H20N4O3. The van der Waals surface area contributed by atoms with Crippen molar-refractivity contribution in [1.82, 2.24) is 20.0 Å². The molecule has 2 N–H and O–H groups in total. The van der Waals surface area contributed by atoms with Crippen molar-refractivity contribution in [2.24, 2.45) is 0 Å². The first kappa shape index (κ1) is 14.6. The number of aromatic nitrogens is 2. The molecule has 2 fully saturated rings. The van der Waals surface area contributed by atoms with E-state index in [0.717, 1.165) is 24.0 Å². The van der Waals surface area contributed by atoms with Crippen LogP contribution >= 0.6 is 0 Å². The van der Waals surface area contributed by atoms with Crippen molar-refractivity contribution in [2.45, 2.75) is 12.1 Å². The second-order valence-corrected chi connectivity index (χ2v) is 6.11. The van der Waals surface area contributed by atoms with E-state index in [-0.39, 0.29) is 11.9 Å². The van der Waals surface area contributed by atoms with Crippen LogP contribution in [0.3, 0.4) is 0 Å². The number of carbonyl (C=O) groups is 1. The zero-order valence-electron chi connectivity index (χ0n) is 12.8. The molecule has 7 heteroatoms. The molecule has 2 aromatic rings. The molecule has 2 saturated heterocycles. The smallest absolute Gasteiger partial charge is 0.275 e. The van der Waals surface area contributed by atoms with Crippen molar-refractivity contribution in [1.29, 1.82) is 0 Å².